The summed E-state index contributed by atoms with van der Waals surface area (Å²) in [5.41, 5.74) is -2.75. The summed E-state index contributed by atoms with van der Waals surface area (Å²) >= 11 is 0. The molecule has 0 heterocycles. The molecule has 0 aliphatic heterocycles. The van der Waals surface area contributed by atoms with Crippen LogP contribution in [0.2, 0.25) is 0 Å². The molecular formula is C13H14F4O2. The standard InChI is InChI=1S/C13H14F4O2/c1-4-19-12(2,3)11(18)8-5-6-9(10(14)7-8)13(15,16)17/h5-7H,4H2,1-3H3. The molecule has 0 N–H and O–H groups in total. The Morgan fingerprint density at radius 1 is 1.26 bits per heavy atom. The fraction of sp³-hybridized carbons (Fsp3) is 0.462. The van der Waals surface area contributed by atoms with E-state index in [9.17, 15) is 22.4 Å². The van der Waals surface area contributed by atoms with Crippen LogP contribution in [0.15, 0.2) is 18.2 Å². The lowest BCUT2D eigenvalue weighted by molar-refractivity contribution is -0.140. The number of benzene rings is 1. The number of halogens is 4. The normalized spacial score (nSPS) is 12.6. The molecule has 0 aliphatic rings. The molecule has 0 saturated heterocycles. The van der Waals surface area contributed by atoms with Crippen molar-refractivity contribution in [3.8, 4) is 0 Å². The van der Waals surface area contributed by atoms with Gasteiger partial charge in [0.1, 0.15) is 11.4 Å². The number of carbonyl (C=O) groups excluding carboxylic acids is 1. The fourth-order valence-electron chi connectivity index (χ4n) is 1.66. The molecule has 0 aromatic heterocycles. The molecule has 106 valence electrons. The summed E-state index contributed by atoms with van der Waals surface area (Å²) in [6.07, 6.45) is -4.78. The van der Waals surface area contributed by atoms with Crippen molar-refractivity contribution < 1.29 is 27.1 Å². The van der Waals surface area contributed by atoms with Crippen molar-refractivity contribution in [1.82, 2.24) is 0 Å². The van der Waals surface area contributed by atoms with Crippen molar-refractivity contribution in [2.24, 2.45) is 0 Å². The topological polar surface area (TPSA) is 26.3 Å². The first-order chi connectivity index (χ1) is 8.59. The molecule has 1 aromatic carbocycles. The van der Waals surface area contributed by atoms with E-state index in [1.165, 1.54) is 13.8 Å². The van der Waals surface area contributed by atoms with Crippen molar-refractivity contribution in [2.45, 2.75) is 32.5 Å². The number of carbonyl (C=O) groups is 1. The number of alkyl halides is 3. The van der Waals surface area contributed by atoms with Crippen molar-refractivity contribution >= 4 is 5.78 Å². The van der Waals surface area contributed by atoms with Gasteiger partial charge < -0.3 is 4.74 Å². The van der Waals surface area contributed by atoms with Crippen LogP contribution in [-0.2, 0) is 10.9 Å². The lowest BCUT2D eigenvalue weighted by Crippen LogP contribution is -2.35. The second kappa shape index (κ2) is 5.28. The molecule has 0 unspecified atom stereocenters. The van der Waals surface area contributed by atoms with Crippen LogP contribution in [0.5, 0.6) is 0 Å². The Morgan fingerprint density at radius 2 is 1.84 bits per heavy atom. The summed E-state index contributed by atoms with van der Waals surface area (Å²) in [6.45, 7) is 4.91. The molecule has 19 heavy (non-hydrogen) atoms. The molecule has 0 aliphatic carbocycles. The molecule has 0 bridgehead atoms. The van der Waals surface area contributed by atoms with E-state index in [0.717, 1.165) is 6.07 Å². The van der Waals surface area contributed by atoms with Gasteiger partial charge in [0.05, 0.1) is 5.56 Å². The van der Waals surface area contributed by atoms with Crippen LogP contribution < -0.4 is 0 Å². The molecule has 2 nitrogen and oxygen atoms in total. The number of ether oxygens (including phenoxy) is 1. The van der Waals surface area contributed by atoms with E-state index < -0.39 is 28.9 Å². The van der Waals surface area contributed by atoms with E-state index in [2.05, 4.69) is 0 Å². The maximum atomic E-state index is 13.4. The predicted octanol–water partition coefficient (Wildman–Crippen LogP) is 3.84. The summed E-state index contributed by atoms with van der Waals surface area (Å²) in [7, 11) is 0. The quantitative estimate of drug-likeness (QED) is 0.618. The van der Waals surface area contributed by atoms with Gasteiger partial charge in [-0.25, -0.2) is 4.39 Å². The zero-order valence-electron chi connectivity index (χ0n) is 10.8. The zero-order valence-corrected chi connectivity index (χ0v) is 10.8. The summed E-state index contributed by atoms with van der Waals surface area (Å²) < 4.78 is 55.7. The van der Waals surface area contributed by atoms with Crippen molar-refractivity contribution in [1.29, 1.82) is 0 Å². The van der Waals surface area contributed by atoms with Gasteiger partial charge in [0.25, 0.3) is 0 Å². The highest BCUT2D eigenvalue weighted by atomic mass is 19.4. The number of ketones is 1. The van der Waals surface area contributed by atoms with Gasteiger partial charge in [-0.3, -0.25) is 4.79 Å². The van der Waals surface area contributed by atoms with Crippen molar-refractivity contribution in [3.05, 3.63) is 35.1 Å². The summed E-state index contributed by atoms with van der Waals surface area (Å²) in [6, 6.07) is 2.10. The third-order valence-corrected chi connectivity index (χ3v) is 2.59. The van der Waals surface area contributed by atoms with Gasteiger partial charge in [0.2, 0.25) is 0 Å². The van der Waals surface area contributed by atoms with Crippen LogP contribution in [0.1, 0.15) is 36.7 Å². The SMILES string of the molecule is CCOC(C)(C)C(=O)c1ccc(C(F)(F)F)c(F)c1. The van der Waals surface area contributed by atoms with Gasteiger partial charge in [-0.15, -0.1) is 0 Å². The first-order valence-electron chi connectivity index (χ1n) is 5.65. The Morgan fingerprint density at radius 3 is 2.26 bits per heavy atom. The largest absolute Gasteiger partial charge is 0.419 e. The van der Waals surface area contributed by atoms with Gasteiger partial charge in [0.15, 0.2) is 5.78 Å². The maximum Gasteiger partial charge on any atom is 0.419 e. The average molecular weight is 278 g/mol. The van der Waals surface area contributed by atoms with Crippen LogP contribution >= 0.6 is 0 Å². The van der Waals surface area contributed by atoms with E-state index >= 15 is 0 Å². The van der Waals surface area contributed by atoms with Crippen LogP contribution in [0.25, 0.3) is 0 Å². The van der Waals surface area contributed by atoms with E-state index in [1.54, 1.807) is 6.92 Å². The molecule has 0 amide bonds. The maximum absolute atomic E-state index is 13.4. The summed E-state index contributed by atoms with van der Waals surface area (Å²) in [5.74, 6) is -2.03. The summed E-state index contributed by atoms with van der Waals surface area (Å²) in [4.78, 5) is 12.0. The highest BCUT2D eigenvalue weighted by molar-refractivity contribution is 6.02. The van der Waals surface area contributed by atoms with Crippen LogP contribution in [0.3, 0.4) is 0 Å². The second-order valence-electron chi connectivity index (χ2n) is 4.46. The lowest BCUT2D eigenvalue weighted by atomic mass is 9.95. The van der Waals surface area contributed by atoms with Gasteiger partial charge in [-0.05, 0) is 32.9 Å². The molecule has 0 radical (unpaired) electrons. The predicted molar refractivity (Wildman–Crippen MR) is 61.4 cm³/mol. The van der Waals surface area contributed by atoms with Crippen LogP contribution in [0.4, 0.5) is 17.6 Å². The molecular weight excluding hydrogens is 264 g/mol. The minimum atomic E-state index is -4.78. The molecule has 1 aromatic rings. The Kier molecular flexibility index (Phi) is 4.35. The van der Waals surface area contributed by atoms with Gasteiger partial charge in [-0.1, -0.05) is 6.07 Å². The highest BCUT2D eigenvalue weighted by Crippen LogP contribution is 2.32. The first-order valence-corrected chi connectivity index (χ1v) is 5.65. The third kappa shape index (κ3) is 3.53. The number of Topliss-reactive ketones (excluding diaryl/α,β-unsaturated/α-hetero) is 1. The number of hydrogen-bond donors (Lipinski definition) is 0. The molecule has 0 fully saturated rings. The third-order valence-electron chi connectivity index (χ3n) is 2.59. The Labute approximate surface area is 108 Å². The molecule has 6 heteroatoms. The zero-order chi connectivity index (χ0) is 14.8. The average Bonchev–Trinajstić information content (AvgIpc) is 2.26. The number of rotatable bonds is 4. The monoisotopic (exact) mass is 278 g/mol. The minimum absolute atomic E-state index is 0.149. The molecule has 1 rings (SSSR count). The van der Waals surface area contributed by atoms with E-state index in [0.29, 0.717) is 12.1 Å². The first kappa shape index (κ1) is 15.6. The van der Waals surface area contributed by atoms with E-state index in [-0.39, 0.29) is 12.2 Å². The number of hydrogen-bond acceptors (Lipinski definition) is 2. The Balaban J connectivity index is 3.12. The highest BCUT2D eigenvalue weighted by Gasteiger charge is 2.35. The van der Waals surface area contributed by atoms with Gasteiger partial charge in [0, 0.05) is 12.2 Å². The fourth-order valence-corrected chi connectivity index (χ4v) is 1.66. The van der Waals surface area contributed by atoms with Crippen molar-refractivity contribution in [3.63, 3.8) is 0 Å². The molecule has 0 spiro atoms. The summed E-state index contributed by atoms with van der Waals surface area (Å²) in [5, 5.41) is 0. The van der Waals surface area contributed by atoms with E-state index in [1.807, 2.05) is 0 Å². The Bertz CT molecular complexity index is 478. The van der Waals surface area contributed by atoms with Crippen LogP contribution in [0, 0.1) is 5.82 Å². The second-order valence-corrected chi connectivity index (χ2v) is 4.46. The van der Waals surface area contributed by atoms with Crippen molar-refractivity contribution in [2.75, 3.05) is 6.61 Å². The van der Waals surface area contributed by atoms with Gasteiger partial charge >= 0.3 is 6.18 Å². The van der Waals surface area contributed by atoms with E-state index in [4.69, 9.17) is 4.74 Å². The smallest absolute Gasteiger partial charge is 0.368 e. The Hall–Kier alpha value is -1.43. The van der Waals surface area contributed by atoms with Gasteiger partial charge in [-0.2, -0.15) is 13.2 Å². The van der Waals surface area contributed by atoms with Crippen LogP contribution in [-0.4, -0.2) is 18.0 Å². The lowest BCUT2D eigenvalue weighted by Gasteiger charge is -2.23. The molecule has 0 saturated carbocycles. The minimum Gasteiger partial charge on any atom is -0.368 e. The molecule has 0 atom stereocenters.